The Morgan fingerprint density at radius 2 is 2.14 bits per heavy atom. The maximum atomic E-state index is 12.8. The molecule has 8 heteroatoms. The standard InChI is InChI=1S/C13H12FN3O3S/c1-7(8-2-4-9(14)5-3-8)16-17-13-15-11(18)6-10(21-13)12(19)20/h2-5,10,16H,1,6H2,(H,19,20)(H,15,17,18). The van der Waals surface area contributed by atoms with Gasteiger partial charge in [0.15, 0.2) is 5.17 Å². The van der Waals surface area contributed by atoms with Crippen LogP contribution in [0.3, 0.4) is 0 Å². The average Bonchev–Trinajstić information content (AvgIpc) is 2.45. The lowest BCUT2D eigenvalue weighted by Gasteiger charge is -2.19. The van der Waals surface area contributed by atoms with Crippen LogP contribution in [-0.2, 0) is 9.59 Å². The molecule has 0 aromatic heterocycles. The van der Waals surface area contributed by atoms with Crippen molar-refractivity contribution in [3.8, 4) is 0 Å². The number of hydrogen-bond donors (Lipinski definition) is 3. The molecule has 0 radical (unpaired) electrons. The second-order valence-corrected chi connectivity index (χ2v) is 5.40. The summed E-state index contributed by atoms with van der Waals surface area (Å²) in [6.07, 6.45) is -0.0993. The number of carboxylic acids is 1. The second-order valence-electron chi connectivity index (χ2n) is 4.21. The zero-order chi connectivity index (χ0) is 15.4. The maximum absolute atomic E-state index is 12.8. The van der Waals surface area contributed by atoms with Crippen LogP contribution in [0.2, 0.25) is 0 Å². The van der Waals surface area contributed by atoms with E-state index in [0.29, 0.717) is 11.3 Å². The number of thioether (sulfide) groups is 1. The highest BCUT2D eigenvalue weighted by molar-refractivity contribution is 8.15. The third-order valence-electron chi connectivity index (χ3n) is 2.63. The van der Waals surface area contributed by atoms with E-state index in [-0.39, 0.29) is 17.4 Å². The van der Waals surface area contributed by atoms with Crippen LogP contribution in [0.5, 0.6) is 0 Å². The zero-order valence-electron chi connectivity index (χ0n) is 10.8. The Hall–Kier alpha value is -2.35. The van der Waals surface area contributed by atoms with Crippen LogP contribution in [0, 0.1) is 5.82 Å². The summed E-state index contributed by atoms with van der Waals surface area (Å²) in [5, 5.41) is 14.6. The Balaban J connectivity index is 2.02. The fraction of sp³-hybridized carbons (Fsp3) is 0.154. The summed E-state index contributed by atoms with van der Waals surface area (Å²) >= 11 is 0.938. The van der Waals surface area contributed by atoms with Gasteiger partial charge in [-0.25, -0.2) is 4.39 Å². The van der Waals surface area contributed by atoms with Gasteiger partial charge in [0.1, 0.15) is 11.1 Å². The molecule has 0 spiro atoms. The van der Waals surface area contributed by atoms with Crippen molar-refractivity contribution in [1.82, 2.24) is 10.7 Å². The topological polar surface area (TPSA) is 90.8 Å². The van der Waals surface area contributed by atoms with Gasteiger partial charge in [0, 0.05) is 6.42 Å². The number of carboxylic acid groups (broad SMARTS) is 1. The van der Waals surface area contributed by atoms with E-state index < -0.39 is 17.1 Å². The molecule has 1 heterocycles. The van der Waals surface area contributed by atoms with Gasteiger partial charge >= 0.3 is 5.97 Å². The molecule has 6 nitrogen and oxygen atoms in total. The van der Waals surface area contributed by atoms with Gasteiger partial charge in [-0.15, -0.1) is 5.10 Å². The Morgan fingerprint density at radius 3 is 2.76 bits per heavy atom. The monoisotopic (exact) mass is 309 g/mol. The van der Waals surface area contributed by atoms with E-state index in [2.05, 4.69) is 22.4 Å². The minimum absolute atomic E-state index is 0.0993. The highest BCUT2D eigenvalue weighted by Crippen LogP contribution is 2.20. The first-order chi connectivity index (χ1) is 9.95. The molecular formula is C13H12FN3O3S. The van der Waals surface area contributed by atoms with Gasteiger partial charge in [0.25, 0.3) is 0 Å². The van der Waals surface area contributed by atoms with E-state index in [1.54, 1.807) is 0 Å². The number of amidine groups is 1. The smallest absolute Gasteiger partial charge is 0.317 e. The summed E-state index contributed by atoms with van der Waals surface area (Å²) in [4.78, 5) is 22.3. The van der Waals surface area contributed by atoms with Gasteiger partial charge in [-0.2, -0.15) is 0 Å². The van der Waals surface area contributed by atoms with Crippen LogP contribution in [0.1, 0.15) is 12.0 Å². The third kappa shape index (κ3) is 4.06. The van der Waals surface area contributed by atoms with Crippen molar-refractivity contribution in [3.63, 3.8) is 0 Å². The number of nitrogens with one attached hydrogen (secondary N) is 2. The maximum Gasteiger partial charge on any atom is 0.317 e. The molecule has 1 aromatic rings. The Bertz CT molecular complexity index is 616. The van der Waals surface area contributed by atoms with Gasteiger partial charge in [-0.1, -0.05) is 18.3 Å². The molecule has 1 unspecified atom stereocenters. The summed E-state index contributed by atoms with van der Waals surface area (Å²) in [5.74, 6) is -1.84. The first kappa shape index (κ1) is 15.0. The normalized spacial score (nSPS) is 20.0. The van der Waals surface area contributed by atoms with Crippen LogP contribution in [0.15, 0.2) is 35.9 Å². The summed E-state index contributed by atoms with van der Waals surface area (Å²) in [5.41, 5.74) is 3.64. The molecule has 0 aliphatic carbocycles. The SMILES string of the molecule is C=C(NN=C1NC(=O)CC(C(=O)O)S1)c1ccc(F)cc1. The van der Waals surface area contributed by atoms with Crippen LogP contribution in [0.4, 0.5) is 4.39 Å². The lowest BCUT2D eigenvalue weighted by Crippen LogP contribution is -2.40. The number of rotatable bonds is 4. The van der Waals surface area contributed by atoms with Gasteiger partial charge in [-0.05, 0) is 29.8 Å². The van der Waals surface area contributed by atoms with Crippen molar-refractivity contribution >= 4 is 34.5 Å². The van der Waals surface area contributed by atoms with E-state index in [9.17, 15) is 14.0 Å². The fourth-order valence-corrected chi connectivity index (χ4v) is 2.45. The quantitative estimate of drug-likeness (QED) is 0.731. The number of carbonyl (C=O) groups excluding carboxylic acids is 1. The third-order valence-corrected chi connectivity index (χ3v) is 3.70. The van der Waals surface area contributed by atoms with Crippen molar-refractivity contribution < 1.29 is 19.1 Å². The van der Waals surface area contributed by atoms with Gasteiger partial charge in [0.05, 0.1) is 5.70 Å². The molecule has 3 N–H and O–H groups in total. The first-order valence-corrected chi connectivity index (χ1v) is 6.81. The lowest BCUT2D eigenvalue weighted by atomic mass is 10.2. The molecule has 1 fully saturated rings. The summed E-state index contributed by atoms with van der Waals surface area (Å²) in [6.45, 7) is 3.73. The van der Waals surface area contributed by atoms with Crippen molar-refractivity contribution in [2.24, 2.45) is 5.10 Å². The minimum atomic E-state index is -1.07. The number of benzene rings is 1. The summed E-state index contributed by atoms with van der Waals surface area (Å²) < 4.78 is 12.8. The van der Waals surface area contributed by atoms with E-state index in [1.807, 2.05) is 0 Å². The van der Waals surface area contributed by atoms with Gasteiger partial charge in [0.2, 0.25) is 5.91 Å². The largest absolute Gasteiger partial charge is 0.480 e. The Morgan fingerprint density at radius 1 is 1.48 bits per heavy atom. The number of halogens is 1. The van der Waals surface area contributed by atoms with Crippen LogP contribution >= 0.6 is 11.8 Å². The van der Waals surface area contributed by atoms with Crippen LogP contribution in [0.25, 0.3) is 5.70 Å². The molecule has 21 heavy (non-hydrogen) atoms. The van der Waals surface area contributed by atoms with Gasteiger partial charge in [-0.3, -0.25) is 15.0 Å². The zero-order valence-corrected chi connectivity index (χ0v) is 11.6. The van der Waals surface area contributed by atoms with E-state index >= 15 is 0 Å². The molecule has 0 bridgehead atoms. The Labute approximate surface area is 124 Å². The molecule has 1 aliphatic heterocycles. The Kier molecular flexibility index (Phi) is 4.59. The fourth-order valence-electron chi connectivity index (χ4n) is 1.57. The van der Waals surface area contributed by atoms with Crippen molar-refractivity contribution in [1.29, 1.82) is 0 Å². The number of aliphatic carboxylic acids is 1. The predicted octanol–water partition coefficient (Wildman–Crippen LogP) is 1.36. The molecule has 1 aliphatic rings. The van der Waals surface area contributed by atoms with Crippen LogP contribution in [-0.4, -0.2) is 27.4 Å². The average molecular weight is 309 g/mol. The predicted molar refractivity (Wildman–Crippen MR) is 77.8 cm³/mol. The second kappa shape index (κ2) is 6.40. The summed E-state index contributed by atoms with van der Waals surface area (Å²) in [7, 11) is 0. The van der Waals surface area contributed by atoms with E-state index in [4.69, 9.17) is 5.11 Å². The molecule has 1 atom stereocenters. The first-order valence-electron chi connectivity index (χ1n) is 5.93. The number of hydrogen-bond acceptors (Lipinski definition) is 5. The molecule has 110 valence electrons. The highest BCUT2D eigenvalue weighted by Gasteiger charge is 2.29. The van der Waals surface area contributed by atoms with Crippen molar-refractivity contribution in [3.05, 3.63) is 42.2 Å². The van der Waals surface area contributed by atoms with Crippen molar-refractivity contribution in [2.75, 3.05) is 0 Å². The molecular weight excluding hydrogens is 297 g/mol. The number of carbonyl (C=O) groups is 2. The minimum Gasteiger partial charge on any atom is -0.480 e. The molecule has 1 aromatic carbocycles. The number of amides is 1. The van der Waals surface area contributed by atoms with E-state index in [0.717, 1.165) is 11.8 Å². The molecule has 1 saturated heterocycles. The summed E-state index contributed by atoms with van der Waals surface area (Å²) in [6, 6.07) is 5.62. The van der Waals surface area contributed by atoms with Gasteiger partial charge < -0.3 is 10.4 Å². The molecule has 2 rings (SSSR count). The highest BCUT2D eigenvalue weighted by atomic mass is 32.2. The number of nitrogens with zero attached hydrogens (tertiary/aromatic N) is 1. The molecule has 1 amide bonds. The molecule has 0 saturated carbocycles. The lowest BCUT2D eigenvalue weighted by molar-refractivity contribution is -0.138. The van der Waals surface area contributed by atoms with Crippen molar-refractivity contribution in [2.45, 2.75) is 11.7 Å². The number of hydrazone groups is 1. The van der Waals surface area contributed by atoms with E-state index in [1.165, 1.54) is 24.3 Å². The van der Waals surface area contributed by atoms with Crippen LogP contribution < -0.4 is 10.7 Å².